The summed E-state index contributed by atoms with van der Waals surface area (Å²) < 4.78 is 10.9. The predicted octanol–water partition coefficient (Wildman–Crippen LogP) is 3.06. The summed E-state index contributed by atoms with van der Waals surface area (Å²) in [7, 11) is 1.62. The number of methoxy groups -OCH3 is 1. The number of rotatable bonds is 4. The molecule has 144 valence electrons. The number of carbonyl (C=O) groups excluding carboxylic acids is 1. The first-order valence-electron chi connectivity index (χ1n) is 9.10. The lowest BCUT2D eigenvalue weighted by molar-refractivity contribution is 0.0742. The van der Waals surface area contributed by atoms with Gasteiger partial charge < -0.3 is 14.4 Å². The van der Waals surface area contributed by atoms with E-state index in [4.69, 9.17) is 14.7 Å². The number of carbonyl (C=O) groups is 1. The molecule has 29 heavy (non-hydrogen) atoms. The fourth-order valence-electron chi connectivity index (χ4n) is 3.12. The van der Waals surface area contributed by atoms with Gasteiger partial charge in [-0.1, -0.05) is 24.3 Å². The first kappa shape index (κ1) is 18.4. The number of benzene rings is 2. The minimum absolute atomic E-state index is 0.175. The van der Waals surface area contributed by atoms with E-state index in [-0.39, 0.29) is 11.8 Å². The molecule has 0 fully saturated rings. The normalized spacial score (nSPS) is 13.1. The summed E-state index contributed by atoms with van der Waals surface area (Å²) in [5.74, 6) is 1.27. The van der Waals surface area contributed by atoms with Crippen molar-refractivity contribution in [1.29, 1.82) is 5.26 Å². The Morgan fingerprint density at radius 3 is 2.83 bits per heavy atom. The van der Waals surface area contributed by atoms with Gasteiger partial charge in [0.2, 0.25) is 5.88 Å². The summed E-state index contributed by atoms with van der Waals surface area (Å²) in [5.41, 5.74) is 2.54. The SMILES string of the molecule is COc1ccc(CN2CCOc3nc(-c4cccc(C#N)c4)ncc3C2=O)cc1. The van der Waals surface area contributed by atoms with Gasteiger partial charge in [0, 0.05) is 18.3 Å². The molecule has 1 amide bonds. The van der Waals surface area contributed by atoms with Crippen molar-refractivity contribution < 1.29 is 14.3 Å². The highest BCUT2D eigenvalue weighted by atomic mass is 16.5. The van der Waals surface area contributed by atoms with Crippen LogP contribution < -0.4 is 9.47 Å². The molecule has 1 aliphatic heterocycles. The summed E-state index contributed by atoms with van der Waals surface area (Å²) in [6, 6.07) is 16.7. The van der Waals surface area contributed by atoms with E-state index in [2.05, 4.69) is 16.0 Å². The number of aromatic nitrogens is 2. The summed E-state index contributed by atoms with van der Waals surface area (Å²) in [6.45, 7) is 1.24. The Bertz CT molecular complexity index is 1090. The molecular weight excluding hydrogens is 368 g/mol. The molecule has 1 aromatic heterocycles. The van der Waals surface area contributed by atoms with Crippen molar-refractivity contribution in [3.05, 3.63) is 71.4 Å². The maximum Gasteiger partial charge on any atom is 0.261 e. The van der Waals surface area contributed by atoms with Crippen LogP contribution in [-0.2, 0) is 6.54 Å². The van der Waals surface area contributed by atoms with Gasteiger partial charge in [-0.3, -0.25) is 4.79 Å². The molecule has 7 nitrogen and oxygen atoms in total. The van der Waals surface area contributed by atoms with Gasteiger partial charge in [0.15, 0.2) is 5.82 Å². The maximum atomic E-state index is 13.0. The zero-order chi connectivity index (χ0) is 20.2. The molecule has 2 aromatic carbocycles. The van der Waals surface area contributed by atoms with Gasteiger partial charge in [0.25, 0.3) is 5.91 Å². The van der Waals surface area contributed by atoms with Gasteiger partial charge in [0.1, 0.15) is 17.9 Å². The Hall–Kier alpha value is -3.92. The zero-order valence-electron chi connectivity index (χ0n) is 15.8. The Kier molecular flexibility index (Phi) is 5.08. The second-order valence-corrected chi connectivity index (χ2v) is 6.53. The van der Waals surface area contributed by atoms with Gasteiger partial charge in [0.05, 0.1) is 25.3 Å². The van der Waals surface area contributed by atoms with E-state index in [0.29, 0.717) is 42.2 Å². The molecule has 0 bridgehead atoms. The van der Waals surface area contributed by atoms with Gasteiger partial charge in [-0.05, 0) is 29.8 Å². The van der Waals surface area contributed by atoms with E-state index < -0.39 is 0 Å². The average Bonchev–Trinajstić information content (AvgIpc) is 2.93. The fourth-order valence-corrected chi connectivity index (χ4v) is 3.12. The van der Waals surface area contributed by atoms with Crippen LogP contribution in [0.2, 0.25) is 0 Å². The van der Waals surface area contributed by atoms with Crippen LogP contribution in [0.25, 0.3) is 11.4 Å². The van der Waals surface area contributed by atoms with Crippen LogP contribution in [0, 0.1) is 11.3 Å². The Morgan fingerprint density at radius 2 is 2.07 bits per heavy atom. The van der Waals surface area contributed by atoms with Gasteiger partial charge >= 0.3 is 0 Å². The maximum absolute atomic E-state index is 13.0. The lowest BCUT2D eigenvalue weighted by atomic mass is 10.1. The molecule has 7 heteroatoms. The van der Waals surface area contributed by atoms with Crippen LogP contribution in [0.15, 0.2) is 54.7 Å². The van der Waals surface area contributed by atoms with Crippen molar-refractivity contribution in [2.45, 2.75) is 6.54 Å². The average molecular weight is 386 g/mol. The standard InChI is InChI=1S/C22H18N4O3/c1-28-18-7-5-15(6-8-18)14-26-9-10-29-21-19(22(26)27)13-24-20(25-21)17-4-2-3-16(11-17)12-23/h2-8,11,13H,9-10,14H2,1H3. The van der Waals surface area contributed by atoms with E-state index in [9.17, 15) is 4.79 Å². The van der Waals surface area contributed by atoms with Crippen molar-refractivity contribution in [1.82, 2.24) is 14.9 Å². The Morgan fingerprint density at radius 1 is 1.24 bits per heavy atom. The lowest BCUT2D eigenvalue weighted by Gasteiger charge is -2.19. The first-order valence-corrected chi connectivity index (χ1v) is 9.10. The molecule has 2 heterocycles. The predicted molar refractivity (Wildman–Crippen MR) is 105 cm³/mol. The monoisotopic (exact) mass is 386 g/mol. The van der Waals surface area contributed by atoms with Crippen molar-refractivity contribution in [3.8, 4) is 29.1 Å². The van der Waals surface area contributed by atoms with E-state index >= 15 is 0 Å². The summed E-state index contributed by atoms with van der Waals surface area (Å²) in [4.78, 5) is 23.5. The molecule has 0 spiro atoms. The smallest absolute Gasteiger partial charge is 0.261 e. The van der Waals surface area contributed by atoms with Crippen molar-refractivity contribution >= 4 is 5.91 Å². The van der Waals surface area contributed by atoms with Crippen LogP contribution in [0.1, 0.15) is 21.5 Å². The van der Waals surface area contributed by atoms with Gasteiger partial charge in [-0.2, -0.15) is 10.2 Å². The van der Waals surface area contributed by atoms with E-state index in [1.165, 1.54) is 6.20 Å². The van der Waals surface area contributed by atoms with Crippen LogP contribution in [0.5, 0.6) is 11.6 Å². The highest BCUT2D eigenvalue weighted by Gasteiger charge is 2.26. The number of ether oxygens (including phenoxy) is 2. The van der Waals surface area contributed by atoms with Crippen molar-refractivity contribution in [2.24, 2.45) is 0 Å². The van der Waals surface area contributed by atoms with Crippen LogP contribution in [0.4, 0.5) is 0 Å². The summed E-state index contributed by atoms with van der Waals surface area (Å²) in [5, 5.41) is 9.08. The minimum atomic E-state index is -0.175. The zero-order valence-corrected chi connectivity index (χ0v) is 15.8. The number of hydrogen-bond donors (Lipinski definition) is 0. The summed E-state index contributed by atoms with van der Waals surface area (Å²) in [6.07, 6.45) is 1.49. The van der Waals surface area contributed by atoms with E-state index in [1.807, 2.05) is 30.3 Å². The van der Waals surface area contributed by atoms with Crippen molar-refractivity contribution in [3.63, 3.8) is 0 Å². The third-order valence-electron chi connectivity index (χ3n) is 4.65. The molecule has 1 aliphatic rings. The molecule has 3 aromatic rings. The summed E-state index contributed by atoms with van der Waals surface area (Å²) >= 11 is 0. The second kappa shape index (κ2) is 7.98. The number of nitrogens with zero attached hydrogens (tertiary/aromatic N) is 4. The fraction of sp³-hybridized carbons (Fsp3) is 0.182. The minimum Gasteiger partial charge on any atom is -0.497 e. The first-order chi connectivity index (χ1) is 14.2. The Labute approximate surface area is 168 Å². The third kappa shape index (κ3) is 3.87. The third-order valence-corrected chi connectivity index (χ3v) is 4.65. The largest absolute Gasteiger partial charge is 0.497 e. The van der Waals surface area contributed by atoms with Crippen LogP contribution >= 0.6 is 0 Å². The molecule has 0 saturated carbocycles. The molecular formula is C22H18N4O3. The quantitative estimate of drug-likeness (QED) is 0.685. The molecule has 0 unspecified atom stereocenters. The number of fused-ring (bicyclic) bond motifs is 1. The highest BCUT2D eigenvalue weighted by Crippen LogP contribution is 2.25. The number of amides is 1. The van der Waals surface area contributed by atoms with E-state index in [1.54, 1.807) is 30.2 Å². The van der Waals surface area contributed by atoms with E-state index in [0.717, 1.165) is 11.3 Å². The van der Waals surface area contributed by atoms with Crippen LogP contribution in [-0.4, -0.2) is 41.0 Å². The molecule has 0 N–H and O–H groups in total. The second-order valence-electron chi connectivity index (χ2n) is 6.53. The molecule has 0 radical (unpaired) electrons. The number of nitriles is 1. The molecule has 0 saturated heterocycles. The topological polar surface area (TPSA) is 88.3 Å². The van der Waals surface area contributed by atoms with Gasteiger partial charge in [-0.15, -0.1) is 0 Å². The van der Waals surface area contributed by atoms with Gasteiger partial charge in [-0.25, -0.2) is 4.98 Å². The van der Waals surface area contributed by atoms with Crippen molar-refractivity contribution in [2.75, 3.05) is 20.3 Å². The van der Waals surface area contributed by atoms with Crippen LogP contribution in [0.3, 0.4) is 0 Å². The lowest BCUT2D eigenvalue weighted by Crippen LogP contribution is -2.31. The Balaban J connectivity index is 1.59. The molecule has 4 rings (SSSR count). The molecule has 0 aliphatic carbocycles. The molecule has 0 atom stereocenters. The number of hydrogen-bond acceptors (Lipinski definition) is 6. The highest BCUT2D eigenvalue weighted by molar-refractivity contribution is 5.96.